The van der Waals surface area contributed by atoms with E-state index in [1.54, 1.807) is 11.9 Å². The Hall–Kier alpha value is -1.26. The van der Waals surface area contributed by atoms with Crippen LogP contribution in [0.1, 0.15) is 39.0 Å². The number of nitrogens with zero attached hydrogens (tertiary/aromatic N) is 1. The van der Waals surface area contributed by atoms with Gasteiger partial charge in [-0.2, -0.15) is 0 Å². The summed E-state index contributed by atoms with van der Waals surface area (Å²) in [6.45, 7) is 3.48. The minimum Gasteiger partial charge on any atom is -0.481 e. The summed E-state index contributed by atoms with van der Waals surface area (Å²) in [5.41, 5.74) is 0. The standard InChI is InChI=1S/C13H24N2O3/c1-10-5-6-11(8-10)9-14-13(18)15(2)7-3-4-12(16)17/h10-11H,3-9H2,1-2H3,(H,14,18)(H,16,17). The van der Waals surface area contributed by atoms with Gasteiger partial charge in [-0.3, -0.25) is 4.79 Å². The average Bonchev–Trinajstić information content (AvgIpc) is 2.71. The van der Waals surface area contributed by atoms with Gasteiger partial charge < -0.3 is 15.3 Å². The summed E-state index contributed by atoms with van der Waals surface area (Å²) >= 11 is 0. The van der Waals surface area contributed by atoms with E-state index in [9.17, 15) is 9.59 Å². The minimum absolute atomic E-state index is 0.0973. The lowest BCUT2D eigenvalue weighted by Crippen LogP contribution is -2.39. The Bertz CT molecular complexity index is 294. The molecule has 0 aromatic carbocycles. The van der Waals surface area contributed by atoms with E-state index < -0.39 is 5.97 Å². The highest BCUT2D eigenvalue weighted by molar-refractivity contribution is 5.73. The molecule has 0 saturated heterocycles. The predicted octanol–water partition coefficient (Wildman–Crippen LogP) is 1.93. The van der Waals surface area contributed by atoms with Gasteiger partial charge in [0.25, 0.3) is 0 Å². The van der Waals surface area contributed by atoms with E-state index in [-0.39, 0.29) is 12.5 Å². The first-order chi connectivity index (χ1) is 8.49. The summed E-state index contributed by atoms with van der Waals surface area (Å²) in [6.07, 6.45) is 4.26. The quantitative estimate of drug-likeness (QED) is 0.763. The maximum absolute atomic E-state index is 11.7. The molecule has 1 aliphatic carbocycles. The molecule has 2 N–H and O–H groups in total. The topological polar surface area (TPSA) is 69.6 Å². The Kier molecular flexibility index (Phi) is 5.95. The predicted molar refractivity (Wildman–Crippen MR) is 69.4 cm³/mol. The van der Waals surface area contributed by atoms with Crippen LogP contribution in [0.5, 0.6) is 0 Å². The van der Waals surface area contributed by atoms with E-state index in [0.717, 1.165) is 12.5 Å². The van der Waals surface area contributed by atoms with Crippen LogP contribution in [0.15, 0.2) is 0 Å². The summed E-state index contributed by atoms with van der Waals surface area (Å²) in [5.74, 6) is 0.570. The van der Waals surface area contributed by atoms with Crippen LogP contribution in [0, 0.1) is 11.8 Å². The molecule has 1 aliphatic rings. The molecule has 0 radical (unpaired) electrons. The van der Waals surface area contributed by atoms with Crippen molar-refractivity contribution in [2.45, 2.75) is 39.0 Å². The van der Waals surface area contributed by atoms with E-state index in [2.05, 4.69) is 12.2 Å². The molecule has 2 unspecified atom stereocenters. The highest BCUT2D eigenvalue weighted by Gasteiger charge is 2.21. The van der Waals surface area contributed by atoms with Crippen LogP contribution in [-0.4, -0.2) is 42.1 Å². The van der Waals surface area contributed by atoms with Crippen molar-refractivity contribution in [2.24, 2.45) is 11.8 Å². The molecule has 1 saturated carbocycles. The molecule has 5 heteroatoms. The Morgan fingerprint density at radius 2 is 2.11 bits per heavy atom. The fourth-order valence-corrected chi connectivity index (χ4v) is 2.45. The minimum atomic E-state index is -0.816. The fourth-order valence-electron chi connectivity index (χ4n) is 2.45. The number of urea groups is 1. The van der Waals surface area contributed by atoms with Crippen molar-refractivity contribution in [1.82, 2.24) is 10.2 Å². The number of hydrogen-bond donors (Lipinski definition) is 2. The van der Waals surface area contributed by atoms with Gasteiger partial charge in [-0.25, -0.2) is 4.79 Å². The second-order valence-corrected chi connectivity index (χ2v) is 5.39. The number of carboxylic acid groups (broad SMARTS) is 1. The van der Waals surface area contributed by atoms with Gasteiger partial charge in [0, 0.05) is 26.6 Å². The number of hydrogen-bond acceptors (Lipinski definition) is 2. The van der Waals surface area contributed by atoms with Crippen molar-refractivity contribution in [3.8, 4) is 0 Å². The van der Waals surface area contributed by atoms with Crippen LogP contribution in [0.25, 0.3) is 0 Å². The lowest BCUT2D eigenvalue weighted by atomic mass is 10.1. The molecule has 2 atom stereocenters. The molecule has 104 valence electrons. The van der Waals surface area contributed by atoms with E-state index in [0.29, 0.717) is 18.9 Å². The second-order valence-electron chi connectivity index (χ2n) is 5.39. The summed E-state index contributed by atoms with van der Waals surface area (Å²) in [7, 11) is 1.70. The Labute approximate surface area is 109 Å². The first-order valence-corrected chi connectivity index (χ1v) is 6.69. The Morgan fingerprint density at radius 3 is 2.67 bits per heavy atom. The lowest BCUT2D eigenvalue weighted by molar-refractivity contribution is -0.137. The third-order valence-electron chi connectivity index (χ3n) is 3.58. The summed E-state index contributed by atoms with van der Waals surface area (Å²) in [4.78, 5) is 23.6. The summed E-state index contributed by atoms with van der Waals surface area (Å²) in [6, 6.07) is -0.0973. The van der Waals surface area contributed by atoms with Crippen LogP contribution in [0.4, 0.5) is 4.79 Å². The van der Waals surface area contributed by atoms with Crippen molar-refractivity contribution in [3.05, 3.63) is 0 Å². The van der Waals surface area contributed by atoms with E-state index in [1.807, 2.05) is 0 Å². The molecule has 18 heavy (non-hydrogen) atoms. The number of carbonyl (C=O) groups is 2. The zero-order valence-electron chi connectivity index (χ0n) is 11.3. The Morgan fingerprint density at radius 1 is 1.39 bits per heavy atom. The van der Waals surface area contributed by atoms with Gasteiger partial charge in [-0.15, -0.1) is 0 Å². The average molecular weight is 256 g/mol. The number of carbonyl (C=O) groups excluding carboxylic acids is 1. The van der Waals surface area contributed by atoms with Gasteiger partial charge in [0.1, 0.15) is 0 Å². The molecule has 0 heterocycles. The Balaban J connectivity index is 2.13. The highest BCUT2D eigenvalue weighted by atomic mass is 16.4. The van der Waals surface area contributed by atoms with Crippen molar-refractivity contribution in [1.29, 1.82) is 0 Å². The molecule has 0 aliphatic heterocycles. The molecule has 2 amide bonds. The smallest absolute Gasteiger partial charge is 0.317 e. The highest BCUT2D eigenvalue weighted by Crippen LogP contribution is 2.29. The first-order valence-electron chi connectivity index (χ1n) is 6.69. The maximum atomic E-state index is 11.7. The maximum Gasteiger partial charge on any atom is 0.317 e. The van der Waals surface area contributed by atoms with Crippen LogP contribution >= 0.6 is 0 Å². The largest absolute Gasteiger partial charge is 0.481 e. The molecule has 0 aromatic rings. The van der Waals surface area contributed by atoms with Gasteiger partial charge in [0.2, 0.25) is 0 Å². The van der Waals surface area contributed by atoms with Gasteiger partial charge in [0.05, 0.1) is 0 Å². The van der Waals surface area contributed by atoms with E-state index in [4.69, 9.17) is 5.11 Å². The van der Waals surface area contributed by atoms with Gasteiger partial charge in [-0.05, 0) is 31.1 Å². The molecular formula is C13H24N2O3. The molecule has 5 nitrogen and oxygen atoms in total. The number of nitrogens with one attached hydrogen (secondary N) is 1. The van der Waals surface area contributed by atoms with Gasteiger partial charge >= 0.3 is 12.0 Å². The van der Waals surface area contributed by atoms with Crippen molar-refractivity contribution in [2.75, 3.05) is 20.1 Å². The second kappa shape index (κ2) is 7.24. The normalized spacial score (nSPS) is 22.8. The van der Waals surface area contributed by atoms with Gasteiger partial charge in [0.15, 0.2) is 0 Å². The third kappa shape index (κ3) is 5.38. The molecular weight excluding hydrogens is 232 g/mol. The third-order valence-corrected chi connectivity index (χ3v) is 3.58. The molecule has 1 rings (SSSR count). The molecule has 0 aromatic heterocycles. The van der Waals surface area contributed by atoms with Crippen LogP contribution in [0.3, 0.4) is 0 Å². The number of aliphatic carboxylic acids is 1. The lowest BCUT2D eigenvalue weighted by Gasteiger charge is -2.19. The first kappa shape index (κ1) is 14.8. The zero-order valence-corrected chi connectivity index (χ0v) is 11.3. The van der Waals surface area contributed by atoms with Crippen LogP contribution in [-0.2, 0) is 4.79 Å². The van der Waals surface area contributed by atoms with Crippen molar-refractivity contribution in [3.63, 3.8) is 0 Å². The number of amides is 2. The summed E-state index contributed by atoms with van der Waals surface area (Å²) < 4.78 is 0. The molecule has 0 spiro atoms. The van der Waals surface area contributed by atoms with Crippen molar-refractivity contribution >= 4 is 12.0 Å². The molecule has 1 fully saturated rings. The summed E-state index contributed by atoms with van der Waals surface area (Å²) in [5, 5.41) is 11.4. The zero-order chi connectivity index (χ0) is 13.5. The number of carboxylic acids is 1. The molecule has 0 bridgehead atoms. The number of rotatable bonds is 6. The van der Waals surface area contributed by atoms with Crippen LogP contribution in [0.2, 0.25) is 0 Å². The van der Waals surface area contributed by atoms with E-state index in [1.165, 1.54) is 19.3 Å². The van der Waals surface area contributed by atoms with Crippen LogP contribution < -0.4 is 5.32 Å². The monoisotopic (exact) mass is 256 g/mol. The van der Waals surface area contributed by atoms with Crippen molar-refractivity contribution < 1.29 is 14.7 Å². The van der Waals surface area contributed by atoms with Gasteiger partial charge in [-0.1, -0.05) is 13.3 Å². The fraction of sp³-hybridized carbons (Fsp3) is 0.846. The SMILES string of the molecule is CC1CCC(CNC(=O)N(C)CCCC(=O)O)C1. The van der Waals surface area contributed by atoms with E-state index >= 15 is 0 Å².